The van der Waals surface area contributed by atoms with E-state index in [1.807, 2.05) is 24.3 Å². The lowest BCUT2D eigenvalue weighted by Gasteiger charge is -2.06. The summed E-state index contributed by atoms with van der Waals surface area (Å²) in [7, 11) is 0. The first-order chi connectivity index (χ1) is 8.24. The first-order valence-corrected chi connectivity index (χ1v) is 5.46. The highest BCUT2D eigenvalue weighted by molar-refractivity contribution is 6.30. The van der Waals surface area contributed by atoms with E-state index in [1.165, 1.54) is 0 Å². The Morgan fingerprint density at radius 3 is 2.88 bits per heavy atom. The molecule has 4 nitrogen and oxygen atoms in total. The number of benzene rings is 1. The summed E-state index contributed by atoms with van der Waals surface area (Å²) in [6, 6.07) is 7.51. The van der Waals surface area contributed by atoms with Gasteiger partial charge in [0, 0.05) is 23.5 Å². The zero-order valence-corrected chi connectivity index (χ0v) is 9.59. The Morgan fingerprint density at radius 2 is 2.12 bits per heavy atom. The Morgan fingerprint density at radius 1 is 1.24 bits per heavy atom. The van der Waals surface area contributed by atoms with Crippen LogP contribution in [0.4, 0.5) is 5.69 Å². The van der Waals surface area contributed by atoms with Crippen molar-refractivity contribution >= 4 is 28.2 Å². The number of rotatable bonds is 1. The first kappa shape index (κ1) is 10.1. The van der Waals surface area contributed by atoms with Crippen LogP contribution in [0, 0.1) is 0 Å². The molecule has 0 aliphatic heterocycles. The van der Waals surface area contributed by atoms with Crippen molar-refractivity contribution in [2.24, 2.45) is 0 Å². The number of fused-ring (bicyclic) bond motifs is 1. The van der Waals surface area contributed by atoms with Crippen molar-refractivity contribution in [3.05, 3.63) is 47.9 Å². The maximum Gasteiger partial charge on any atom is 0.0790 e. The van der Waals surface area contributed by atoms with Crippen LogP contribution >= 0.6 is 11.6 Å². The molecule has 0 bridgehead atoms. The average Bonchev–Trinajstić information content (AvgIpc) is 2.74. The Hall–Kier alpha value is -2.07. The second-order valence-corrected chi connectivity index (χ2v) is 4.15. The predicted molar refractivity (Wildman–Crippen MR) is 68.3 cm³/mol. The second-order valence-electron chi connectivity index (χ2n) is 3.71. The Bertz CT molecular complexity index is 690. The van der Waals surface area contributed by atoms with Crippen molar-refractivity contribution in [1.82, 2.24) is 14.8 Å². The van der Waals surface area contributed by atoms with Crippen molar-refractivity contribution in [2.75, 3.05) is 5.73 Å². The van der Waals surface area contributed by atoms with Gasteiger partial charge in [-0.1, -0.05) is 11.6 Å². The molecule has 0 saturated carbocycles. The van der Waals surface area contributed by atoms with E-state index in [1.54, 1.807) is 23.3 Å². The molecule has 2 heterocycles. The van der Waals surface area contributed by atoms with Gasteiger partial charge in [0.25, 0.3) is 0 Å². The molecular weight excluding hydrogens is 236 g/mol. The van der Waals surface area contributed by atoms with Crippen molar-refractivity contribution in [2.45, 2.75) is 0 Å². The molecule has 3 rings (SSSR count). The van der Waals surface area contributed by atoms with Gasteiger partial charge < -0.3 is 5.73 Å². The Balaban J connectivity index is 2.30. The van der Waals surface area contributed by atoms with Crippen LogP contribution in [0.25, 0.3) is 16.6 Å². The molecule has 84 valence electrons. The van der Waals surface area contributed by atoms with E-state index in [9.17, 15) is 0 Å². The SMILES string of the molecule is Nc1ccc2c(-n3cc(Cl)cn3)ccnc2c1. The lowest BCUT2D eigenvalue weighted by molar-refractivity contribution is 0.886. The number of nitrogens with two attached hydrogens (primary N) is 1. The van der Waals surface area contributed by atoms with E-state index in [0.717, 1.165) is 16.6 Å². The number of aromatic nitrogens is 3. The summed E-state index contributed by atoms with van der Waals surface area (Å²) in [6.45, 7) is 0. The molecule has 0 spiro atoms. The molecule has 17 heavy (non-hydrogen) atoms. The third-order valence-corrected chi connectivity index (χ3v) is 2.74. The molecule has 0 radical (unpaired) electrons. The van der Waals surface area contributed by atoms with Gasteiger partial charge in [0.05, 0.1) is 22.4 Å². The molecule has 0 amide bonds. The third-order valence-electron chi connectivity index (χ3n) is 2.54. The highest BCUT2D eigenvalue weighted by atomic mass is 35.5. The fourth-order valence-electron chi connectivity index (χ4n) is 1.78. The smallest absolute Gasteiger partial charge is 0.0790 e. The van der Waals surface area contributed by atoms with E-state index in [0.29, 0.717) is 10.7 Å². The summed E-state index contributed by atoms with van der Waals surface area (Å²) in [5.41, 5.74) is 8.20. The molecule has 3 aromatic rings. The molecule has 2 aromatic heterocycles. The number of nitrogen functional groups attached to an aromatic ring is 1. The predicted octanol–water partition coefficient (Wildman–Crippen LogP) is 2.66. The fraction of sp³-hybridized carbons (Fsp3) is 0. The lowest BCUT2D eigenvalue weighted by atomic mass is 10.1. The van der Waals surface area contributed by atoms with E-state index >= 15 is 0 Å². The van der Waals surface area contributed by atoms with E-state index < -0.39 is 0 Å². The summed E-state index contributed by atoms with van der Waals surface area (Å²) in [4.78, 5) is 4.28. The van der Waals surface area contributed by atoms with Crippen molar-refractivity contribution in [3.63, 3.8) is 0 Å². The largest absolute Gasteiger partial charge is 0.399 e. The summed E-state index contributed by atoms with van der Waals surface area (Å²) in [6.07, 6.45) is 5.09. The molecule has 0 saturated heterocycles. The standard InChI is InChI=1S/C12H9ClN4/c13-8-6-16-17(7-8)12-3-4-15-11-5-9(14)1-2-10(11)12/h1-7H,14H2. The molecule has 0 aliphatic rings. The van der Waals surface area contributed by atoms with Crippen LogP contribution in [-0.2, 0) is 0 Å². The van der Waals surface area contributed by atoms with Gasteiger partial charge in [-0.15, -0.1) is 0 Å². The van der Waals surface area contributed by atoms with E-state index in [4.69, 9.17) is 17.3 Å². The van der Waals surface area contributed by atoms with Crippen LogP contribution in [0.3, 0.4) is 0 Å². The normalized spacial score (nSPS) is 10.9. The minimum atomic E-state index is 0.602. The molecule has 1 aromatic carbocycles. The fourth-order valence-corrected chi connectivity index (χ4v) is 1.92. The van der Waals surface area contributed by atoms with Crippen LogP contribution in [-0.4, -0.2) is 14.8 Å². The van der Waals surface area contributed by atoms with Crippen LogP contribution in [0.5, 0.6) is 0 Å². The number of hydrogen-bond acceptors (Lipinski definition) is 3. The number of halogens is 1. The Labute approximate surface area is 103 Å². The minimum Gasteiger partial charge on any atom is -0.399 e. The quantitative estimate of drug-likeness (QED) is 0.670. The van der Waals surface area contributed by atoms with Crippen molar-refractivity contribution in [3.8, 4) is 5.69 Å². The molecule has 2 N–H and O–H groups in total. The van der Waals surface area contributed by atoms with Crippen LogP contribution in [0.15, 0.2) is 42.9 Å². The molecule has 0 fully saturated rings. The second kappa shape index (κ2) is 3.75. The molecular formula is C12H9ClN4. The molecule has 0 aliphatic carbocycles. The van der Waals surface area contributed by atoms with E-state index in [-0.39, 0.29) is 0 Å². The first-order valence-electron chi connectivity index (χ1n) is 5.09. The van der Waals surface area contributed by atoms with E-state index in [2.05, 4.69) is 10.1 Å². The van der Waals surface area contributed by atoms with Gasteiger partial charge in [-0.25, -0.2) is 4.68 Å². The Kier molecular flexibility index (Phi) is 2.23. The van der Waals surface area contributed by atoms with Gasteiger partial charge in [-0.05, 0) is 24.3 Å². The van der Waals surface area contributed by atoms with Gasteiger partial charge >= 0.3 is 0 Å². The number of pyridine rings is 1. The van der Waals surface area contributed by atoms with Gasteiger partial charge in [0.15, 0.2) is 0 Å². The number of anilines is 1. The summed E-state index contributed by atoms with van der Waals surface area (Å²) < 4.78 is 1.72. The highest BCUT2D eigenvalue weighted by Gasteiger charge is 2.05. The lowest BCUT2D eigenvalue weighted by Crippen LogP contribution is -1.96. The van der Waals surface area contributed by atoms with Crippen molar-refractivity contribution in [1.29, 1.82) is 0 Å². The number of nitrogens with zero attached hydrogens (tertiary/aromatic N) is 3. The molecule has 0 unspecified atom stereocenters. The van der Waals surface area contributed by atoms with Gasteiger partial charge in [-0.3, -0.25) is 4.98 Å². The van der Waals surface area contributed by atoms with Crippen molar-refractivity contribution < 1.29 is 0 Å². The third kappa shape index (κ3) is 1.72. The summed E-state index contributed by atoms with van der Waals surface area (Å²) in [5, 5.41) is 5.77. The van der Waals surface area contributed by atoms with Gasteiger partial charge in [0.1, 0.15) is 0 Å². The van der Waals surface area contributed by atoms with Gasteiger partial charge in [-0.2, -0.15) is 5.10 Å². The molecule has 0 atom stereocenters. The molecule has 5 heteroatoms. The average molecular weight is 245 g/mol. The zero-order valence-electron chi connectivity index (χ0n) is 8.84. The van der Waals surface area contributed by atoms with Crippen LogP contribution < -0.4 is 5.73 Å². The van der Waals surface area contributed by atoms with Gasteiger partial charge in [0.2, 0.25) is 0 Å². The number of hydrogen-bond donors (Lipinski definition) is 1. The minimum absolute atomic E-state index is 0.602. The summed E-state index contributed by atoms with van der Waals surface area (Å²) in [5.74, 6) is 0. The topological polar surface area (TPSA) is 56.7 Å². The maximum absolute atomic E-state index is 5.87. The maximum atomic E-state index is 5.87. The highest BCUT2D eigenvalue weighted by Crippen LogP contribution is 2.22. The summed E-state index contributed by atoms with van der Waals surface area (Å²) >= 11 is 5.87. The monoisotopic (exact) mass is 244 g/mol. The van der Waals surface area contributed by atoms with Crippen LogP contribution in [0.2, 0.25) is 5.02 Å². The zero-order chi connectivity index (χ0) is 11.8. The van der Waals surface area contributed by atoms with Crippen LogP contribution in [0.1, 0.15) is 0 Å².